The maximum atomic E-state index is 11.6. The number of urea groups is 1. The summed E-state index contributed by atoms with van der Waals surface area (Å²) in [6.45, 7) is 4.52. The minimum absolute atomic E-state index is 0.231. The van der Waals surface area contributed by atoms with Gasteiger partial charge in [0.1, 0.15) is 17.4 Å². The molecule has 2 amide bonds. The lowest BCUT2D eigenvalue weighted by atomic mass is 9.89. The van der Waals surface area contributed by atoms with Crippen molar-refractivity contribution >= 4 is 28.3 Å². The van der Waals surface area contributed by atoms with Crippen LogP contribution in [-0.2, 0) is 4.74 Å². The van der Waals surface area contributed by atoms with Gasteiger partial charge in [0, 0.05) is 42.8 Å². The summed E-state index contributed by atoms with van der Waals surface area (Å²) in [6.07, 6.45) is 2.79. The molecule has 2 aromatic heterocycles. The van der Waals surface area contributed by atoms with Gasteiger partial charge in [-0.2, -0.15) is 5.26 Å². The Morgan fingerprint density at radius 3 is 2.84 bits per heavy atom. The Hall–Kier alpha value is -3.91. The molecule has 0 saturated carbocycles. The van der Waals surface area contributed by atoms with E-state index in [9.17, 15) is 10.1 Å². The van der Waals surface area contributed by atoms with E-state index < -0.39 is 0 Å². The van der Waals surface area contributed by atoms with Crippen LogP contribution in [0.3, 0.4) is 0 Å². The fourth-order valence-corrected chi connectivity index (χ4v) is 6.43. The number of thiazole rings is 1. The van der Waals surface area contributed by atoms with Crippen LogP contribution < -0.4 is 11.1 Å². The number of nitrogens with zero attached hydrogens (tertiary/aromatic N) is 5. The predicted molar refractivity (Wildman–Crippen MR) is 145 cm³/mol. The highest BCUT2D eigenvalue weighted by Gasteiger charge is 2.42. The molecular formula is C28H27N7O2S. The monoisotopic (exact) mass is 525 g/mol. The van der Waals surface area contributed by atoms with Crippen molar-refractivity contribution < 1.29 is 9.53 Å². The predicted octanol–water partition coefficient (Wildman–Crippen LogP) is 4.17. The molecule has 2 aromatic carbocycles. The highest BCUT2D eigenvalue weighted by molar-refractivity contribution is 7.15. The number of primary amides is 1. The van der Waals surface area contributed by atoms with Gasteiger partial charge in [0.15, 0.2) is 0 Å². The number of hydrogen-bond acceptors (Lipinski definition) is 8. The van der Waals surface area contributed by atoms with Gasteiger partial charge in [-0.05, 0) is 49.6 Å². The number of nitriles is 1. The summed E-state index contributed by atoms with van der Waals surface area (Å²) in [4.78, 5) is 28.2. The first-order chi connectivity index (χ1) is 18.4. The van der Waals surface area contributed by atoms with Gasteiger partial charge in [0.05, 0.1) is 33.3 Å². The van der Waals surface area contributed by atoms with Crippen LogP contribution in [0.25, 0.3) is 32.6 Å². The van der Waals surface area contributed by atoms with Gasteiger partial charge in [0.2, 0.25) is 0 Å². The maximum Gasteiger partial charge on any atom is 0.314 e. The van der Waals surface area contributed by atoms with Gasteiger partial charge in [-0.1, -0.05) is 18.2 Å². The molecule has 0 radical (unpaired) electrons. The quantitative estimate of drug-likeness (QED) is 0.410. The molecule has 4 aromatic rings. The first-order valence-corrected chi connectivity index (χ1v) is 13.4. The standard InChI is InChI=1S/C28H27N7O2S/c1-17-21-12-20(5-6-22(21)33-16-32-17)25-24(19-4-2-3-18(11-19)13-29)34-26(38-25)23-14-31-15-28(37-23)7-9-35(10-8-28)27(30)36/h2-6,11-12,16,23,31H,7-10,14-15H2,1H3,(H2,30,36). The number of ether oxygens (including phenoxy) is 1. The Labute approximate surface area is 224 Å². The van der Waals surface area contributed by atoms with Crippen LogP contribution in [0.5, 0.6) is 0 Å². The third kappa shape index (κ3) is 4.49. The second-order valence-electron chi connectivity index (χ2n) is 9.86. The minimum atomic E-state index is -0.384. The molecule has 2 aliphatic rings. The molecule has 192 valence electrons. The maximum absolute atomic E-state index is 11.6. The molecule has 0 bridgehead atoms. The molecule has 2 saturated heterocycles. The van der Waals surface area contributed by atoms with Crippen LogP contribution in [0.15, 0.2) is 48.8 Å². The summed E-state index contributed by atoms with van der Waals surface area (Å²) in [6, 6.07) is 15.6. The molecular weight excluding hydrogens is 498 g/mol. The SMILES string of the molecule is Cc1ncnc2ccc(-c3sc(C4CNCC5(CCN(C(N)=O)CC5)O4)nc3-c3cccc(C#N)c3)cc12. The summed E-state index contributed by atoms with van der Waals surface area (Å²) in [5.41, 5.74) is 10.2. The van der Waals surface area contributed by atoms with Crippen LogP contribution >= 0.6 is 11.3 Å². The van der Waals surface area contributed by atoms with E-state index in [1.54, 1.807) is 28.6 Å². The molecule has 9 nitrogen and oxygen atoms in total. The molecule has 2 aliphatic heterocycles. The van der Waals surface area contributed by atoms with Gasteiger partial charge in [-0.15, -0.1) is 11.3 Å². The van der Waals surface area contributed by atoms with E-state index >= 15 is 0 Å². The average Bonchev–Trinajstić information content (AvgIpc) is 3.39. The molecule has 1 spiro atoms. The Morgan fingerprint density at radius 2 is 2.05 bits per heavy atom. The van der Waals surface area contributed by atoms with Gasteiger partial charge in [-0.25, -0.2) is 19.7 Å². The topological polar surface area (TPSA) is 130 Å². The van der Waals surface area contributed by atoms with E-state index in [-0.39, 0.29) is 17.7 Å². The van der Waals surface area contributed by atoms with Crippen molar-refractivity contribution in [3.8, 4) is 27.8 Å². The number of nitrogens with two attached hydrogens (primary N) is 1. The van der Waals surface area contributed by atoms with Crippen molar-refractivity contribution in [3.05, 3.63) is 65.1 Å². The molecule has 6 rings (SSSR count). The lowest BCUT2D eigenvalue weighted by Crippen LogP contribution is -2.57. The Kier molecular flexibility index (Phi) is 6.27. The number of likely N-dealkylation sites (tertiary alicyclic amines) is 1. The van der Waals surface area contributed by atoms with Gasteiger partial charge >= 0.3 is 6.03 Å². The van der Waals surface area contributed by atoms with E-state index in [0.717, 1.165) is 62.7 Å². The smallest absolute Gasteiger partial charge is 0.314 e. The molecule has 1 atom stereocenters. The lowest BCUT2D eigenvalue weighted by molar-refractivity contribution is -0.140. The van der Waals surface area contributed by atoms with Crippen molar-refractivity contribution in [1.29, 1.82) is 5.26 Å². The number of hydrogen-bond donors (Lipinski definition) is 2. The van der Waals surface area contributed by atoms with Crippen molar-refractivity contribution in [2.75, 3.05) is 26.2 Å². The number of rotatable bonds is 3. The van der Waals surface area contributed by atoms with Gasteiger partial charge in [0.25, 0.3) is 0 Å². The number of carbonyl (C=O) groups excluding carboxylic acids is 1. The van der Waals surface area contributed by atoms with E-state index in [1.165, 1.54) is 0 Å². The third-order valence-electron chi connectivity index (χ3n) is 7.44. The third-order valence-corrected chi connectivity index (χ3v) is 8.63. The second kappa shape index (κ2) is 9.76. The number of nitrogens with one attached hydrogen (secondary N) is 1. The number of carbonyl (C=O) groups is 1. The Bertz CT molecular complexity index is 1570. The highest BCUT2D eigenvalue weighted by Crippen LogP contribution is 2.43. The zero-order chi connectivity index (χ0) is 26.3. The summed E-state index contributed by atoms with van der Waals surface area (Å²) in [5, 5.41) is 14.9. The minimum Gasteiger partial charge on any atom is -0.362 e. The summed E-state index contributed by atoms with van der Waals surface area (Å²) < 4.78 is 6.74. The molecule has 38 heavy (non-hydrogen) atoms. The van der Waals surface area contributed by atoms with Crippen molar-refractivity contribution in [1.82, 2.24) is 25.2 Å². The van der Waals surface area contributed by atoms with E-state index in [0.29, 0.717) is 25.2 Å². The number of morpholine rings is 1. The number of aromatic nitrogens is 3. The van der Waals surface area contributed by atoms with Crippen LogP contribution in [0.1, 0.15) is 35.2 Å². The second-order valence-corrected chi connectivity index (χ2v) is 10.9. The zero-order valence-corrected chi connectivity index (χ0v) is 21.8. The molecule has 10 heteroatoms. The van der Waals surface area contributed by atoms with Gasteiger partial charge < -0.3 is 20.7 Å². The fraction of sp³-hybridized carbons (Fsp3) is 0.321. The lowest BCUT2D eigenvalue weighted by Gasteiger charge is -2.46. The van der Waals surface area contributed by atoms with Crippen molar-refractivity contribution in [2.24, 2.45) is 5.73 Å². The molecule has 0 aliphatic carbocycles. The van der Waals surface area contributed by atoms with Crippen LogP contribution in [0, 0.1) is 18.3 Å². The molecule has 3 N–H and O–H groups in total. The van der Waals surface area contributed by atoms with Crippen LogP contribution in [0.2, 0.25) is 0 Å². The molecule has 2 fully saturated rings. The number of aryl methyl sites for hydroxylation is 1. The number of amides is 2. The Morgan fingerprint density at radius 1 is 1.21 bits per heavy atom. The normalized spacial score (nSPS) is 18.9. The van der Waals surface area contributed by atoms with Crippen molar-refractivity contribution in [3.63, 3.8) is 0 Å². The summed E-state index contributed by atoms with van der Waals surface area (Å²) in [7, 11) is 0. The molecule has 1 unspecified atom stereocenters. The van der Waals surface area contributed by atoms with Crippen LogP contribution in [-0.4, -0.2) is 57.7 Å². The summed E-state index contributed by atoms with van der Waals surface area (Å²) >= 11 is 1.61. The van der Waals surface area contributed by atoms with Crippen molar-refractivity contribution in [2.45, 2.75) is 31.5 Å². The fourth-order valence-electron chi connectivity index (χ4n) is 5.31. The van der Waals surface area contributed by atoms with E-state index in [4.69, 9.17) is 15.5 Å². The first-order valence-electron chi connectivity index (χ1n) is 12.6. The average molecular weight is 526 g/mol. The Balaban J connectivity index is 1.40. The van der Waals surface area contributed by atoms with E-state index in [2.05, 4.69) is 33.5 Å². The number of fused-ring (bicyclic) bond motifs is 1. The number of benzene rings is 2. The number of piperidine rings is 1. The van der Waals surface area contributed by atoms with E-state index in [1.807, 2.05) is 31.2 Å². The van der Waals surface area contributed by atoms with Crippen LogP contribution in [0.4, 0.5) is 4.79 Å². The largest absolute Gasteiger partial charge is 0.362 e. The summed E-state index contributed by atoms with van der Waals surface area (Å²) in [5.74, 6) is 0. The molecule has 4 heterocycles. The highest BCUT2D eigenvalue weighted by atomic mass is 32.1. The van der Waals surface area contributed by atoms with Gasteiger partial charge in [-0.3, -0.25) is 0 Å². The zero-order valence-electron chi connectivity index (χ0n) is 21.0. The first kappa shape index (κ1) is 24.4.